The summed E-state index contributed by atoms with van der Waals surface area (Å²) in [6.07, 6.45) is 6.85. The van der Waals surface area contributed by atoms with Crippen molar-refractivity contribution in [2.24, 2.45) is 0 Å². The van der Waals surface area contributed by atoms with Crippen LogP contribution in [0.1, 0.15) is 32.0 Å². The summed E-state index contributed by atoms with van der Waals surface area (Å²) in [5.41, 5.74) is 1.34. The van der Waals surface area contributed by atoms with Crippen molar-refractivity contribution >= 4 is 10.9 Å². The molecule has 1 aromatic carbocycles. The Kier molecular flexibility index (Phi) is 5.39. The first-order valence-electron chi connectivity index (χ1n) is 9.94. The number of ether oxygens (including phenoxy) is 1. The van der Waals surface area contributed by atoms with Gasteiger partial charge in [0, 0.05) is 25.0 Å². The van der Waals surface area contributed by atoms with Gasteiger partial charge in [0.05, 0.1) is 23.2 Å². The number of nitrogens with zero attached hydrogens (tertiary/aromatic N) is 4. The first-order valence-corrected chi connectivity index (χ1v) is 9.94. The molecule has 0 saturated carbocycles. The molecule has 0 N–H and O–H groups in total. The van der Waals surface area contributed by atoms with Crippen molar-refractivity contribution in [2.75, 3.05) is 19.7 Å². The van der Waals surface area contributed by atoms with E-state index in [4.69, 9.17) is 4.74 Å². The summed E-state index contributed by atoms with van der Waals surface area (Å²) in [7, 11) is 0. The molecule has 4 rings (SSSR count). The molecule has 0 aliphatic carbocycles. The van der Waals surface area contributed by atoms with Crippen LogP contribution in [0.25, 0.3) is 16.6 Å². The number of aryl methyl sites for hydroxylation is 1. The first-order chi connectivity index (χ1) is 13.6. The van der Waals surface area contributed by atoms with Gasteiger partial charge >= 0.3 is 0 Å². The molecule has 0 radical (unpaired) electrons. The Labute approximate surface area is 164 Å². The molecule has 2 aromatic heterocycles. The topological polar surface area (TPSA) is 60.3 Å². The van der Waals surface area contributed by atoms with Gasteiger partial charge in [0.1, 0.15) is 11.6 Å². The molecule has 6 heteroatoms. The fourth-order valence-corrected chi connectivity index (χ4v) is 3.92. The molecule has 1 atom stereocenters. The zero-order valence-corrected chi connectivity index (χ0v) is 16.5. The van der Waals surface area contributed by atoms with Crippen molar-refractivity contribution in [2.45, 2.75) is 39.2 Å². The second-order valence-corrected chi connectivity index (χ2v) is 7.42. The van der Waals surface area contributed by atoms with Gasteiger partial charge in [0.15, 0.2) is 0 Å². The molecular formula is C22H26N4O2. The lowest BCUT2D eigenvalue weighted by atomic mass is 10.2. The minimum absolute atomic E-state index is 0.107. The number of aromatic nitrogens is 3. The quantitative estimate of drug-likeness (QED) is 0.616. The number of pyridine rings is 1. The first kappa shape index (κ1) is 18.6. The van der Waals surface area contributed by atoms with Gasteiger partial charge in [0.2, 0.25) is 0 Å². The van der Waals surface area contributed by atoms with Crippen molar-refractivity contribution in [3.63, 3.8) is 0 Å². The number of fused-ring (bicyclic) bond motifs is 1. The fraction of sp³-hybridized carbons (Fsp3) is 0.409. The van der Waals surface area contributed by atoms with E-state index in [0.29, 0.717) is 29.4 Å². The van der Waals surface area contributed by atoms with Gasteiger partial charge < -0.3 is 9.64 Å². The number of hydrogen-bond donors (Lipinski definition) is 0. The molecule has 0 bridgehead atoms. The molecule has 0 unspecified atom stereocenters. The molecule has 1 aliphatic rings. The fourth-order valence-electron chi connectivity index (χ4n) is 3.92. The van der Waals surface area contributed by atoms with Gasteiger partial charge in [-0.2, -0.15) is 0 Å². The SMILES string of the molecule is Cc1nc2ccncc2c(=O)n1-c1ccc(OCCCN2CCC[C@H]2C)cc1. The highest BCUT2D eigenvalue weighted by Gasteiger charge is 2.19. The summed E-state index contributed by atoms with van der Waals surface area (Å²) in [6, 6.07) is 10.1. The number of likely N-dealkylation sites (tertiary alicyclic amines) is 1. The lowest BCUT2D eigenvalue weighted by Gasteiger charge is -2.20. The zero-order valence-electron chi connectivity index (χ0n) is 16.5. The third-order valence-corrected chi connectivity index (χ3v) is 5.48. The third kappa shape index (κ3) is 3.78. The molecule has 28 heavy (non-hydrogen) atoms. The Hall–Kier alpha value is -2.73. The Morgan fingerprint density at radius 1 is 1.21 bits per heavy atom. The average molecular weight is 378 g/mol. The molecule has 3 aromatic rings. The van der Waals surface area contributed by atoms with Gasteiger partial charge in [-0.15, -0.1) is 0 Å². The molecule has 3 heterocycles. The van der Waals surface area contributed by atoms with Crippen LogP contribution in [-0.2, 0) is 0 Å². The Morgan fingerprint density at radius 3 is 2.79 bits per heavy atom. The van der Waals surface area contributed by atoms with E-state index < -0.39 is 0 Å². The number of hydrogen-bond acceptors (Lipinski definition) is 5. The molecule has 0 amide bonds. The highest BCUT2D eigenvalue weighted by molar-refractivity contribution is 5.76. The lowest BCUT2D eigenvalue weighted by molar-refractivity contribution is 0.230. The summed E-state index contributed by atoms with van der Waals surface area (Å²) in [5, 5.41) is 0.518. The smallest absolute Gasteiger partial charge is 0.267 e. The monoisotopic (exact) mass is 378 g/mol. The molecule has 1 fully saturated rings. The predicted octanol–water partition coefficient (Wildman–Crippen LogP) is 3.34. The maximum atomic E-state index is 12.8. The zero-order chi connectivity index (χ0) is 19.5. The standard InChI is InChI=1S/C22H26N4O2/c1-16-5-3-12-25(16)13-4-14-28-19-8-6-18(7-9-19)26-17(2)24-21-10-11-23-15-20(21)22(26)27/h6-11,15-16H,3-5,12-14H2,1-2H3/t16-/m1/s1. The normalized spacial score (nSPS) is 17.3. The highest BCUT2D eigenvalue weighted by Crippen LogP contribution is 2.18. The molecule has 1 aliphatic heterocycles. The van der Waals surface area contributed by atoms with Crippen LogP contribution < -0.4 is 10.3 Å². The summed E-state index contributed by atoms with van der Waals surface area (Å²) in [6.45, 7) is 7.13. The van der Waals surface area contributed by atoms with Crippen molar-refractivity contribution in [3.05, 3.63) is 58.9 Å². The molecular weight excluding hydrogens is 352 g/mol. The number of benzene rings is 1. The minimum Gasteiger partial charge on any atom is -0.494 e. The van der Waals surface area contributed by atoms with E-state index in [-0.39, 0.29) is 5.56 Å². The van der Waals surface area contributed by atoms with Crippen LogP contribution >= 0.6 is 0 Å². The summed E-state index contributed by atoms with van der Waals surface area (Å²) < 4.78 is 7.50. The van der Waals surface area contributed by atoms with E-state index >= 15 is 0 Å². The van der Waals surface area contributed by atoms with Crippen LogP contribution in [-0.4, -0.2) is 45.2 Å². The van der Waals surface area contributed by atoms with Crippen LogP contribution in [0.4, 0.5) is 0 Å². The van der Waals surface area contributed by atoms with Gasteiger partial charge in [0.25, 0.3) is 5.56 Å². The van der Waals surface area contributed by atoms with Crippen LogP contribution in [0, 0.1) is 6.92 Å². The van der Waals surface area contributed by atoms with Crippen LogP contribution in [0.3, 0.4) is 0 Å². The van der Waals surface area contributed by atoms with Crippen molar-refractivity contribution in [1.82, 2.24) is 19.4 Å². The molecule has 6 nitrogen and oxygen atoms in total. The van der Waals surface area contributed by atoms with E-state index in [9.17, 15) is 4.79 Å². The van der Waals surface area contributed by atoms with E-state index in [0.717, 1.165) is 24.4 Å². The third-order valence-electron chi connectivity index (χ3n) is 5.48. The van der Waals surface area contributed by atoms with Gasteiger partial charge in [-0.05, 0) is 70.0 Å². The van der Waals surface area contributed by atoms with Crippen molar-refractivity contribution < 1.29 is 4.74 Å². The van der Waals surface area contributed by atoms with Crippen LogP contribution in [0.15, 0.2) is 47.5 Å². The minimum atomic E-state index is -0.107. The summed E-state index contributed by atoms with van der Waals surface area (Å²) in [5.74, 6) is 1.47. The number of rotatable bonds is 6. The Morgan fingerprint density at radius 2 is 2.04 bits per heavy atom. The largest absolute Gasteiger partial charge is 0.494 e. The lowest BCUT2D eigenvalue weighted by Crippen LogP contribution is -2.28. The van der Waals surface area contributed by atoms with Crippen molar-refractivity contribution in [3.8, 4) is 11.4 Å². The van der Waals surface area contributed by atoms with E-state index in [1.54, 1.807) is 23.0 Å². The predicted molar refractivity (Wildman–Crippen MR) is 110 cm³/mol. The maximum Gasteiger partial charge on any atom is 0.267 e. The maximum absolute atomic E-state index is 12.8. The van der Waals surface area contributed by atoms with E-state index in [2.05, 4.69) is 21.8 Å². The van der Waals surface area contributed by atoms with Crippen LogP contribution in [0.5, 0.6) is 5.75 Å². The molecule has 0 spiro atoms. The van der Waals surface area contributed by atoms with Crippen molar-refractivity contribution in [1.29, 1.82) is 0 Å². The Balaban J connectivity index is 1.43. The second-order valence-electron chi connectivity index (χ2n) is 7.42. The summed E-state index contributed by atoms with van der Waals surface area (Å²) in [4.78, 5) is 24.0. The van der Waals surface area contributed by atoms with Crippen LogP contribution in [0.2, 0.25) is 0 Å². The highest BCUT2D eigenvalue weighted by atomic mass is 16.5. The van der Waals surface area contributed by atoms with E-state index in [1.807, 2.05) is 31.2 Å². The Bertz CT molecular complexity index is 1010. The average Bonchev–Trinajstić information content (AvgIpc) is 3.11. The van der Waals surface area contributed by atoms with Gasteiger partial charge in [-0.25, -0.2) is 4.98 Å². The molecule has 146 valence electrons. The second kappa shape index (κ2) is 8.10. The van der Waals surface area contributed by atoms with Gasteiger partial charge in [-0.1, -0.05) is 0 Å². The molecule has 1 saturated heterocycles. The van der Waals surface area contributed by atoms with E-state index in [1.165, 1.54) is 19.4 Å². The summed E-state index contributed by atoms with van der Waals surface area (Å²) >= 11 is 0. The van der Waals surface area contributed by atoms with Gasteiger partial charge in [-0.3, -0.25) is 14.3 Å².